The molecule has 28 heavy (non-hydrogen) atoms. The Hall–Kier alpha value is -2.76. The van der Waals surface area contributed by atoms with Crippen molar-refractivity contribution >= 4 is 16.7 Å². The van der Waals surface area contributed by atoms with Crippen LogP contribution in [0.3, 0.4) is 0 Å². The molecule has 3 heterocycles. The smallest absolute Gasteiger partial charge is 0.266 e. The van der Waals surface area contributed by atoms with Crippen molar-refractivity contribution < 1.29 is 9.21 Å². The van der Waals surface area contributed by atoms with E-state index in [-0.39, 0.29) is 11.8 Å². The van der Waals surface area contributed by atoms with Crippen molar-refractivity contribution in [3.8, 4) is 11.6 Å². The number of nitrogens with zero attached hydrogens (tertiary/aromatic N) is 4. The molecule has 2 fully saturated rings. The van der Waals surface area contributed by atoms with Crippen LogP contribution in [0.5, 0.6) is 0 Å². The first-order chi connectivity index (χ1) is 13.8. The Morgan fingerprint density at radius 3 is 2.61 bits per heavy atom. The van der Waals surface area contributed by atoms with Crippen LogP contribution in [0.25, 0.3) is 22.4 Å². The fourth-order valence-electron chi connectivity index (χ4n) is 4.56. The summed E-state index contributed by atoms with van der Waals surface area (Å²) in [6, 6.07) is 10.0. The average Bonchev–Trinajstić information content (AvgIpc) is 3.45. The van der Waals surface area contributed by atoms with Crippen LogP contribution in [0.1, 0.15) is 50.3 Å². The SMILES string of the molecule is O=C(C1CCCC1)N1CCC(c2nnc(-c3nccc4ccccc34)o2)CC1. The standard InChI is InChI=1S/C22H24N4O2/c27-22(17-6-1-2-7-17)26-13-10-16(11-14-26)20-24-25-21(28-20)19-18-8-4-3-5-15(18)9-12-23-19/h3-5,8-9,12,16-17H,1-2,6-7,10-11,13-14H2. The number of aromatic nitrogens is 3. The summed E-state index contributed by atoms with van der Waals surface area (Å²) in [4.78, 5) is 19.1. The molecule has 1 aliphatic heterocycles. The van der Waals surface area contributed by atoms with Gasteiger partial charge in [0.2, 0.25) is 11.8 Å². The Morgan fingerprint density at radius 1 is 1.00 bits per heavy atom. The average molecular weight is 376 g/mol. The number of fused-ring (bicyclic) bond motifs is 1. The van der Waals surface area contributed by atoms with E-state index in [0.717, 1.165) is 55.2 Å². The molecule has 0 unspecified atom stereocenters. The van der Waals surface area contributed by atoms with Gasteiger partial charge in [-0.1, -0.05) is 37.1 Å². The van der Waals surface area contributed by atoms with Gasteiger partial charge in [0.15, 0.2) is 0 Å². The second-order valence-electron chi connectivity index (χ2n) is 7.91. The molecule has 1 aliphatic carbocycles. The van der Waals surface area contributed by atoms with Crippen LogP contribution >= 0.6 is 0 Å². The number of rotatable bonds is 3. The molecule has 6 nitrogen and oxygen atoms in total. The third-order valence-corrected chi connectivity index (χ3v) is 6.18. The number of hydrogen-bond acceptors (Lipinski definition) is 5. The molecule has 1 saturated carbocycles. The van der Waals surface area contributed by atoms with Crippen molar-refractivity contribution in [2.24, 2.45) is 5.92 Å². The molecule has 2 aromatic heterocycles. The molecule has 0 radical (unpaired) electrons. The van der Waals surface area contributed by atoms with Gasteiger partial charge in [0.1, 0.15) is 5.69 Å². The quantitative estimate of drug-likeness (QED) is 0.686. The minimum atomic E-state index is 0.212. The number of likely N-dealkylation sites (tertiary alicyclic amines) is 1. The van der Waals surface area contributed by atoms with Crippen molar-refractivity contribution in [3.05, 3.63) is 42.4 Å². The molecule has 6 heteroatoms. The van der Waals surface area contributed by atoms with Gasteiger partial charge in [0, 0.05) is 36.5 Å². The van der Waals surface area contributed by atoms with Gasteiger partial charge in [-0.2, -0.15) is 0 Å². The van der Waals surface area contributed by atoms with Gasteiger partial charge >= 0.3 is 0 Å². The summed E-state index contributed by atoms with van der Waals surface area (Å²) in [7, 11) is 0. The number of piperidine rings is 1. The van der Waals surface area contributed by atoms with E-state index < -0.39 is 0 Å². The highest BCUT2D eigenvalue weighted by molar-refractivity contribution is 5.92. The molecule has 144 valence electrons. The van der Waals surface area contributed by atoms with E-state index in [1.165, 1.54) is 12.8 Å². The molecule has 1 amide bonds. The van der Waals surface area contributed by atoms with Gasteiger partial charge in [0.25, 0.3) is 5.89 Å². The highest BCUT2D eigenvalue weighted by Crippen LogP contribution is 2.33. The van der Waals surface area contributed by atoms with Gasteiger partial charge in [-0.25, -0.2) is 0 Å². The van der Waals surface area contributed by atoms with Gasteiger partial charge in [-0.15, -0.1) is 10.2 Å². The van der Waals surface area contributed by atoms with Crippen LogP contribution in [0.2, 0.25) is 0 Å². The predicted octanol–water partition coefficient (Wildman–Crippen LogP) is 4.18. The topological polar surface area (TPSA) is 72.1 Å². The van der Waals surface area contributed by atoms with Crippen LogP contribution < -0.4 is 0 Å². The molecule has 1 aromatic carbocycles. The highest BCUT2D eigenvalue weighted by Gasteiger charge is 2.32. The highest BCUT2D eigenvalue weighted by atomic mass is 16.4. The lowest BCUT2D eigenvalue weighted by Crippen LogP contribution is -2.40. The molecule has 0 bridgehead atoms. The Labute approximate surface area is 164 Å². The number of benzene rings is 1. The lowest BCUT2D eigenvalue weighted by molar-refractivity contribution is -0.136. The molecule has 0 spiro atoms. The molecule has 5 rings (SSSR count). The van der Waals surface area contributed by atoms with E-state index in [0.29, 0.717) is 17.7 Å². The van der Waals surface area contributed by atoms with E-state index >= 15 is 0 Å². The summed E-state index contributed by atoms with van der Waals surface area (Å²) >= 11 is 0. The molecular formula is C22H24N4O2. The fourth-order valence-corrected chi connectivity index (χ4v) is 4.56. The largest absolute Gasteiger partial charge is 0.419 e. The summed E-state index contributed by atoms with van der Waals surface area (Å²) in [5.41, 5.74) is 0.727. The summed E-state index contributed by atoms with van der Waals surface area (Å²) < 4.78 is 6.02. The van der Waals surface area contributed by atoms with Crippen LogP contribution in [-0.2, 0) is 4.79 Å². The maximum atomic E-state index is 12.6. The zero-order valence-electron chi connectivity index (χ0n) is 15.9. The summed E-state index contributed by atoms with van der Waals surface area (Å²) in [5.74, 6) is 1.95. The summed E-state index contributed by atoms with van der Waals surface area (Å²) in [6.07, 6.45) is 8.04. The normalized spacial score (nSPS) is 18.8. The second kappa shape index (κ2) is 7.34. The Balaban J connectivity index is 1.30. The van der Waals surface area contributed by atoms with Gasteiger partial charge in [0.05, 0.1) is 0 Å². The lowest BCUT2D eigenvalue weighted by atomic mass is 9.95. The Kier molecular flexibility index (Phi) is 4.55. The van der Waals surface area contributed by atoms with Gasteiger partial charge in [-0.3, -0.25) is 9.78 Å². The zero-order chi connectivity index (χ0) is 18.9. The van der Waals surface area contributed by atoms with Gasteiger partial charge < -0.3 is 9.32 Å². The second-order valence-corrected chi connectivity index (χ2v) is 7.91. The Bertz CT molecular complexity index is 980. The lowest BCUT2D eigenvalue weighted by Gasteiger charge is -2.32. The zero-order valence-corrected chi connectivity index (χ0v) is 15.9. The predicted molar refractivity (Wildman–Crippen MR) is 106 cm³/mol. The first-order valence-electron chi connectivity index (χ1n) is 10.3. The van der Waals surface area contributed by atoms with Crippen molar-refractivity contribution in [1.82, 2.24) is 20.1 Å². The fraction of sp³-hybridized carbons (Fsp3) is 0.455. The monoisotopic (exact) mass is 376 g/mol. The third-order valence-electron chi connectivity index (χ3n) is 6.18. The number of pyridine rings is 1. The first-order valence-corrected chi connectivity index (χ1v) is 10.3. The minimum absolute atomic E-state index is 0.212. The van der Waals surface area contributed by atoms with E-state index in [2.05, 4.69) is 21.2 Å². The molecule has 0 N–H and O–H groups in total. The molecule has 1 saturated heterocycles. The van der Waals surface area contributed by atoms with Crippen LogP contribution in [0.15, 0.2) is 40.9 Å². The number of carbonyl (C=O) groups is 1. The van der Waals surface area contributed by atoms with E-state index in [1.54, 1.807) is 6.20 Å². The van der Waals surface area contributed by atoms with Crippen molar-refractivity contribution in [2.45, 2.75) is 44.4 Å². The summed E-state index contributed by atoms with van der Waals surface area (Å²) in [5, 5.41) is 10.7. The Morgan fingerprint density at radius 2 is 1.79 bits per heavy atom. The molecule has 3 aromatic rings. The van der Waals surface area contributed by atoms with E-state index in [1.807, 2.05) is 29.2 Å². The number of amides is 1. The number of hydrogen-bond donors (Lipinski definition) is 0. The maximum absolute atomic E-state index is 12.6. The van der Waals surface area contributed by atoms with Crippen molar-refractivity contribution in [2.75, 3.05) is 13.1 Å². The maximum Gasteiger partial charge on any atom is 0.266 e. The van der Waals surface area contributed by atoms with E-state index in [4.69, 9.17) is 4.42 Å². The van der Waals surface area contributed by atoms with Crippen LogP contribution in [0, 0.1) is 5.92 Å². The van der Waals surface area contributed by atoms with Crippen LogP contribution in [-0.4, -0.2) is 39.1 Å². The number of carbonyl (C=O) groups excluding carboxylic acids is 1. The van der Waals surface area contributed by atoms with Gasteiger partial charge in [-0.05, 0) is 37.1 Å². The van der Waals surface area contributed by atoms with E-state index in [9.17, 15) is 4.79 Å². The van der Waals surface area contributed by atoms with Crippen LogP contribution in [0.4, 0.5) is 0 Å². The molecule has 2 aliphatic rings. The first kappa shape index (κ1) is 17.3. The minimum Gasteiger partial charge on any atom is -0.419 e. The van der Waals surface area contributed by atoms with Crippen molar-refractivity contribution in [3.63, 3.8) is 0 Å². The molecule has 0 atom stereocenters. The molecular weight excluding hydrogens is 352 g/mol. The third kappa shape index (κ3) is 3.17. The summed E-state index contributed by atoms with van der Waals surface area (Å²) in [6.45, 7) is 1.56. The van der Waals surface area contributed by atoms with Crippen molar-refractivity contribution in [1.29, 1.82) is 0 Å².